The molecule has 1 heterocycles. The molecule has 11 heteroatoms. The molecule has 0 saturated heterocycles. The van der Waals surface area contributed by atoms with E-state index in [1.54, 1.807) is 12.1 Å². The number of benzene rings is 4. The van der Waals surface area contributed by atoms with E-state index >= 15 is 0 Å². The SMILES string of the molecule is NC1CCC(OC(=O)Nc2cc(CCCCC(=O)Nc3ccc(CNC[C@H](O)c4ccc(O)c5[nH]c(=O)ccc45)cc3)ccc2-c2ccccc2)CC1. The number of aromatic amines is 1. The van der Waals surface area contributed by atoms with Crippen molar-refractivity contribution < 1.29 is 24.5 Å². The summed E-state index contributed by atoms with van der Waals surface area (Å²) >= 11 is 0. The van der Waals surface area contributed by atoms with Crippen molar-refractivity contribution in [2.24, 2.45) is 5.73 Å². The number of carbonyl (C=O) groups excluding carboxylic acids is 2. The van der Waals surface area contributed by atoms with Crippen LogP contribution in [0.2, 0.25) is 0 Å². The molecule has 0 aliphatic heterocycles. The number of fused-ring (bicyclic) bond motifs is 1. The molecule has 1 fully saturated rings. The van der Waals surface area contributed by atoms with Gasteiger partial charge in [0, 0.05) is 48.3 Å². The van der Waals surface area contributed by atoms with Crippen LogP contribution in [-0.4, -0.2) is 45.9 Å². The topological polar surface area (TPSA) is 179 Å². The van der Waals surface area contributed by atoms with Crippen LogP contribution in [0.25, 0.3) is 22.0 Å². The van der Waals surface area contributed by atoms with Crippen LogP contribution in [0.15, 0.2) is 102 Å². The van der Waals surface area contributed by atoms with E-state index < -0.39 is 12.2 Å². The molecule has 8 N–H and O–H groups in total. The smallest absolute Gasteiger partial charge is 0.411 e. The summed E-state index contributed by atoms with van der Waals surface area (Å²) in [4.78, 5) is 39.9. The number of pyridine rings is 1. The number of rotatable bonds is 14. The first-order valence-electron chi connectivity index (χ1n) is 18.3. The summed E-state index contributed by atoms with van der Waals surface area (Å²) in [7, 11) is 0. The highest BCUT2D eigenvalue weighted by Crippen LogP contribution is 2.31. The average molecular weight is 718 g/mol. The van der Waals surface area contributed by atoms with Gasteiger partial charge in [-0.3, -0.25) is 14.9 Å². The quantitative estimate of drug-likeness (QED) is 0.0607. The molecular weight excluding hydrogens is 670 g/mol. The van der Waals surface area contributed by atoms with Gasteiger partial charge in [0.2, 0.25) is 11.5 Å². The van der Waals surface area contributed by atoms with Gasteiger partial charge in [-0.05, 0) is 97.5 Å². The average Bonchev–Trinajstić information content (AvgIpc) is 3.16. The van der Waals surface area contributed by atoms with Gasteiger partial charge in [-0.2, -0.15) is 0 Å². The Morgan fingerprint density at radius 3 is 2.40 bits per heavy atom. The van der Waals surface area contributed by atoms with Crippen LogP contribution in [-0.2, 0) is 22.5 Å². The standard InChI is InChI=1S/C42H47N5O6/c43-30-13-17-32(18-14-30)53-42(52)46-36-24-27(12-19-33(36)29-7-2-1-3-8-29)6-4-5-9-39(50)45-31-15-10-28(11-16-31)25-44-26-38(49)34-20-22-37(48)41-35(34)21-23-40(51)47-41/h1-3,7-8,10-12,15-16,19-24,30,32,38,44,48-49H,4-6,9,13-14,17-18,25-26,43H2,(H,45,50)(H,46,52)(H,47,51)/t30?,32?,38-/m0/s1. The Balaban J connectivity index is 0.947. The monoisotopic (exact) mass is 717 g/mol. The molecule has 0 unspecified atom stereocenters. The molecule has 4 aromatic carbocycles. The molecule has 5 aromatic rings. The lowest BCUT2D eigenvalue weighted by Gasteiger charge is -2.26. The normalized spacial score (nSPS) is 16.2. The van der Waals surface area contributed by atoms with Gasteiger partial charge in [0.15, 0.2) is 0 Å². The number of unbranched alkanes of at least 4 members (excludes halogenated alkanes) is 1. The molecule has 1 aliphatic carbocycles. The van der Waals surface area contributed by atoms with E-state index in [9.17, 15) is 24.6 Å². The molecule has 6 rings (SSSR count). The van der Waals surface area contributed by atoms with Gasteiger partial charge in [-0.25, -0.2) is 4.79 Å². The minimum absolute atomic E-state index is 0.0524. The predicted molar refractivity (Wildman–Crippen MR) is 208 cm³/mol. The Morgan fingerprint density at radius 1 is 0.868 bits per heavy atom. The van der Waals surface area contributed by atoms with E-state index in [1.165, 1.54) is 12.1 Å². The summed E-state index contributed by atoms with van der Waals surface area (Å²) in [6, 6.07) is 29.8. The number of aromatic hydroxyl groups is 1. The maximum absolute atomic E-state index is 12.9. The van der Waals surface area contributed by atoms with Crippen molar-refractivity contribution in [3.8, 4) is 16.9 Å². The maximum atomic E-state index is 12.9. The Bertz CT molecular complexity index is 2060. The Morgan fingerprint density at radius 2 is 1.62 bits per heavy atom. The van der Waals surface area contributed by atoms with Gasteiger partial charge in [-0.15, -0.1) is 0 Å². The van der Waals surface area contributed by atoms with Crippen LogP contribution in [0, 0.1) is 0 Å². The lowest BCUT2D eigenvalue weighted by atomic mass is 9.94. The number of phenolic OH excluding ortho intramolecular Hbond substituents is 1. The van der Waals surface area contributed by atoms with Crippen molar-refractivity contribution in [3.63, 3.8) is 0 Å². The van der Waals surface area contributed by atoms with E-state index in [2.05, 4.69) is 27.0 Å². The van der Waals surface area contributed by atoms with Crippen LogP contribution in [0.5, 0.6) is 5.75 Å². The third-order valence-electron chi connectivity index (χ3n) is 9.69. The number of aryl methyl sites for hydroxylation is 1. The molecule has 0 bridgehead atoms. The second-order valence-electron chi connectivity index (χ2n) is 13.7. The number of H-pyrrole nitrogens is 1. The van der Waals surface area contributed by atoms with Crippen LogP contribution >= 0.6 is 0 Å². The summed E-state index contributed by atoms with van der Waals surface area (Å²) in [5.74, 6) is -0.113. The number of nitrogens with one attached hydrogen (secondary N) is 4. The highest BCUT2D eigenvalue weighted by atomic mass is 16.6. The van der Waals surface area contributed by atoms with Gasteiger partial charge < -0.3 is 36.3 Å². The van der Waals surface area contributed by atoms with Crippen molar-refractivity contribution >= 4 is 34.3 Å². The Labute approximate surface area is 308 Å². The third kappa shape index (κ3) is 10.3. The van der Waals surface area contributed by atoms with Crippen LogP contribution in [0.3, 0.4) is 0 Å². The largest absolute Gasteiger partial charge is 0.506 e. The van der Waals surface area contributed by atoms with Crippen LogP contribution in [0.1, 0.15) is 67.7 Å². The van der Waals surface area contributed by atoms with E-state index in [1.807, 2.05) is 66.7 Å². The van der Waals surface area contributed by atoms with Crippen molar-refractivity contribution in [3.05, 3.63) is 124 Å². The molecule has 1 saturated carbocycles. The number of ether oxygens (including phenoxy) is 1. The third-order valence-corrected chi connectivity index (χ3v) is 9.69. The van der Waals surface area contributed by atoms with Crippen molar-refractivity contribution in [2.45, 2.75) is 76.2 Å². The van der Waals surface area contributed by atoms with Crippen LogP contribution in [0.4, 0.5) is 16.2 Å². The second kappa shape index (κ2) is 17.8. The molecular formula is C42H47N5O6. The minimum atomic E-state index is -0.856. The lowest BCUT2D eigenvalue weighted by Crippen LogP contribution is -2.32. The highest BCUT2D eigenvalue weighted by molar-refractivity contribution is 5.92. The first kappa shape index (κ1) is 37.3. The summed E-state index contributed by atoms with van der Waals surface area (Å²) in [5, 5.41) is 30.7. The molecule has 2 amide bonds. The molecule has 276 valence electrons. The van der Waals surface area contributed by atoms with Gasteiger partial charge in [0.1, 0.15) is 11.9 Å². The zero-order valence-corrected chi connectivity index (χ0v) is 29.6. The van der Waals surface area contributed by atoms with Crippen molar-refractivity contribution in [1.82, 2.24) is 10.3 Å². The number of hydrogen-bond acceptors (Lipinski definition) is 8. The van der Waals surface area contributed by atoms with Crippen LogP contribution < -0.4 is 27.2 Å². The fourth-order valence-electron chi connectivity index (χ4n) is 6.77. The maximum Gasteiger partial charge on any atom is 0.411 e. The van der Waals surface area contributed by atoms with Gasteiger partial charge in [0.25, 0.3) is 0 Å². The molecule has 0 radical (unpaired) electrons. The first-order chi connectivity index (χ1) is 25.7. The van der Waals surface area contributed by atoms with E-state index in [-0.39, 0.29) is 35.9 Å². The zero-order chi connectivity index (χ0) is 37.2. The molecule has 0 spiro atoms. The number of amides is 2. The zero-order valence-electron chi connectivity index (χ0n) is 29.6. The van der Waals surface area contributed by atoms with Crippen molar-refractivity contribution in [1.29, 1.82) is 0 Å². The number of nitrogens with two attached hydrogens (primary N) is 1. The molecule has 1 atom stereocenters. The molecule has 11 nitrogen and oxygen atoms in total. The Kier molecular flexibility index (Phi) is 12.5. The van der Waals surface area contributed by atoms with Gasteiger partial charge >= 0.3 is 6.09 Å². The summed E-state index contributed by atoms with van der Waals surface area (Å²) in [5.41, 5.74) is 11.9. The summed E-state index contributed by atoms with van der Waals surface area (Å²) in [6.07, 6.45) is 4.46. The number of aliphatic hydroxyl groups excluding tert-OH is 1. The number of aromatic nitrogens is 1. The van der Waals surface area contributed by atoms with Gasteiger partial charge in [0.05, 0.1) is 17.3 Å². The fraction of sp³-hybridized carbons (Fsp3) is 0.310. The van der Waals surface area contributed by atoms with E-state index in [4.69, 9.17) is 10.5 Å². The number of aliphatic hydroxyl groups is 1. The predicted octanol–water partition coefficient (Wildman–Crippen LogP) is 6.89. The summed E-state index contributed by atoms with van der Waals surface area (Å²) in [6.45, 7) is 0.758. The molecule has 1 aliphatic rings. The number of hydrogen-bond donors (Lipinski definition) is 7. The first-order valence-corrected chi connectivity index (χ1v) is 18.3. The van der Waals surface area contributed by atoms with E-state index in [0.717, 1.165) is 60.8 Å². The number of carbonyl (C=O) groups is 2. The molecule has 53 heavy (non-hydrogen) atoms. The highest BCUT2D eigenvalue weighted by Gasteiger charge is 2.22. The fourth-order valence-corrected chi connectivity index (χ4v) is 6.77. The number of anilines is 2. The van der Waals surface area contributed by atoms with Gasteiger partial charge in [-0.1, -0.05) is 60.7 Å². The minimum Gasteiger partial charge on any atom is -0.506 e. The second-order valence-corrected chi connectivity index (χ2v) is 13.7. The lowest BCUT2D eigenvalue weighted by molar-refractivity contribution is -0.116. The number of phenols is 1. The van der Waals surface area contributed by atoms with E-state index in [0.29, 0.717) is 47.2 Å². The Hall–Kier alpha value is -5.49. The summed E-state index contributed by atoms with van der Waals surface area (Å²) < 4.78 is 5.74. The van der Waals surface area contributed by atoms with Crippen molar-refractivity contribution in [2.75, 3.05) is 17.2 Å². The molecule has 1 aromatic heterocycles.